The van der Waals surface area contributed by atoms with E-state index in [4.69, 9.17) is 19.9 Å². The second-order valence-corrected chi connectivity index (χ2v) is 10.2. The lowest BCUT2D eigenvalue weighted by atomic mass is 9.88. The van der Waals surface area contributed by atoms with Crippen molar-refractivity contribution in [2.75, 3.05) is 6.61 Å². The van der Waals surface area contributed by atoms with Crippen LogP contribution < -0.4 is 11.1 Å². The number of aliphatic hydroxyl groups is 1. The Kier molecular flexibility index (Phi) is 9.09. The first kappa shape index (κ1) is 26.6. The Morgan fingerprint density at radius 3 is 2.62 bits per heavy atom. The number of hydrogen-bond acceptors (Lipinski definition) is 6. The van der Waals surface area contributed by atoms with E-state index < -0.39 is 6.10 Å². The molecule has 8 heteroatoms. The van der Waals surface area contributed by atoms with Crippen molar-refractivity contribution in [1.82, 2.24) is 5.32 Å². The van der Waals surface area contributed by atoms with E-state index in [2.05, 4.69) is 31.3 Å². The average Bonchev–Trinajstić information content (AvgIpc) is 3.49. The van der Waals surface area contributed by atoms with Crippen molar-refractivity contribution in [3.63, 3.8) is 0 Å². The molecule has 0 aliphatic carbocycles. The molecule has 1 unspecified atom stereocenters. The topological polar surface area (TPSA) is 123 Å². The zero-order valence-corrected chi connectivity index (χ0v) is 20.7. The van der Waals surface area contributed by atoms with Gasteiger partial charge in [0.2, 0.25) is 11.8 Å². The molecule has 3 aliphatic rings. The highest BCUT2D eigenvalue weighted by Crippen LogP contribution is 2.43. The third-order valence-electron chi connectivity index (χ3n) is 6.84. The number of carbonyl (C=O) groups excluding carboxylic acids is 2. The van der Waals surface area contributed by atoms with Gasteiger partial charge in [-0.2, -0.15) is 0 Å². The summed E-state index contributed by atoms with van der Waals surface area (Å²) in [5, 5.41) is 12.3. The molecule has 1 spiro atoms. The van der Waals surface area contributed by atoms with E-state index in [9.17, 15) is 14.7 Å². The number of allylic oxidation sites excluding steroid dienone is 2. The predicted molar refractivity (Wildman–Crippen MR) is 129 cm³/mol. The van der Waals surface area contributed by atoms with Gasteiger partial charge in [0.1, 0.15) is 0 Å². The number of amides is 2. The number of nitrogens with two attached hydrogens (primary N) is 1. The molecule has 3 rings (SSSR count). The molecule has 0 aromatic heterocycles. The Bertz CT molecular complexity index is 816. The van der Waals surface area contributed by atoms with Crippen molar-refractivity contribution >= 4 is 11.8 Å². The third-order valence-corrected chi connectivity index (χ3v) is 6.84. The predicted octanol–water partition coefficient (Wildman–Crippen LogP) is 2.31. The zero-order chi connectivity index (χ0) is 24.9. The van der Waals surface area contributed by atoms with Crippen LogP contribution in [0.3, 0.4) is 0 Å². The number of hydrogen-bond donors (Lipinski definition) is 3. The molecule has 2 amide bonds. The smallest absolute Gasteiger partial charge is 0.244 e. The largest absolute Gasteiger partial charge is 0.389 e. The molecule has 34 heavy (non-hydrogen) atoms. The lowest BCUT2D eigenvalue weighted by molar-refractivity contribution is -0.125. The molecule has 8 nitrogen and oxygen atoms in total. The number of epoxide rings is 1. The summed E-state index contributed by atoms with van der Waals surface area (Å²) < 4.78 is 17.9. The van der Waals surface area contributed by atoms with Crippen LogP contribution in [0, 0.1) is 5.92 Å². The van der Waals surface area contributed by atoms with E-state index >= 15 is 0 Å². The molecule has 0 radical (unpaired) electrons. The fraction of sp³-hybridized carbons (Fsp3) is 0.692. The zero-order valence-electron chi connectivity index (χ0n) is 20.7. The molecule has 0 bridgehead atoms. The van der Waals surface area contributed by atoms with Gasteiger partial charge in [0.15, 0.2) is 0 Å². The van der Waals surface area contributed by atoms with Crippen molar-refractivity contribution in [3.05, 3.63) is 36.0 Å². The van der Waals surface area contributed by atoms with Crippen LogP contribution in [0.2, 0.25) is 0 Å². The van der Waals surface area contributed by atoms with Gasteiger partial charge in [-0.25, -0.2) is 0 Å². The van der Waals surface area contributed by atoms with Crippen LogP contribution in [0.1, 0.15) is 59.8 Å². The summed E-state index contributed by atoms with van der Waals surface area (Å²) in [7, 11) is 0. The number of nitrogens with one attached hydrogen (secondary N) is 1. The van der Waals surface area contributed by atoms with E-state index in [1.807, 2.05) is 13.0 Å². The van der Waals surface area contributed by atoms with Gasteiger partial charge < -0.3 is 30.4 Å². The summed E-state index contributed by atoms with van der Waals surface area (Å²) in [4.78, 5) is 23.4. The Morgan fingerprint density at radius 1 is 1.24 bits per heavy atom. The normalized spacial score (nSPS) is 37.3. The van der Waals surface area contributed by atoms with Crippen LogP contribution >= 0.6 is 0 Å². The fourth-order valence-corrected chi connectivity index (χ4v) is 4.80. The molecule has 3 aliphatic heterocycles. The Morgan fingerprint density at radius 2 is 1.97 bits per heavy atom. The van der Waals surface area contributed by atoms with Crippen LogP contribution in [0.5, 0.6) is 0 Å². The quantitative estimate of drug-likeness (QED) is 0.267. The molecule has 3 heterocycles. The molecular weight excluding hydrogens is 436 g/mol. The van der Waals surface area contributed by atoms with E-state index in [0.717, 1.165) is 37.9 Å². The van der Waals surface area contributed by atoms with Gasteiger partial charge in [-0.05, 0) is 39.5 Å². The van der Waals surface area contributed by atoms with Gasteiger partial charge in [-0.3, -0.25) is 9.59 Å². The number of primary amides is 1. The summed E-state index contributed by atoms with van der Waals surface area (Å²) >= 11 is 0. The summed E-state index contributed by atoms with van der Waals surface area (Å²) in [6.45, 7) is 8.51. The van der Waals surface area contributed by atoms with Gasteiger partial charge in [0.05, 0.1) is 55.2 Å². The minimum Gasteiger partial charge on any atom is -0.389 e. The standard InChI is InChI=1S/C26H40N2O6/c1-16(5-8-20-13-26(15-32-26)14-21(34-20)12-24(27)30)6-9-23-17(2)11-22(19(4)33-23)28-25(31)10-7-18(3)29/h5-8,10,17-23,29H,9,11-15H2,1-4H3,(H2,27,30)(H,28,31)/b8-5+,10-7-,16-6+/t17-,18-,19+,20+,21+,22+,23-,26?/m0/s1. The minimum absolute atomic E-state index is 0.0591. The molecule has 0 aromatic carbocycles. The first-order valence-electron chi connectivity index (χ1n) is 12.3. The fourth-order valence-electron chi connectivity index (χ4n) is 4.80. The highest BCUT2D eigenvalue weighted by Gasteiger charge is 2.51. The van der Waals surface area contributed by atoms with Gasteiger partial charge in [0.25, 0.3) is 0 Å². The Balaban J connectivity index is 1.49. The number of aliphatic hydroxyl groups excluding tert-OH is 1. The Hall–Kier alpha value is -2.00. The van der Waals surface area contributed by atoms with Gasteiger partial charge in [-0.15, -0.1) is 0 Å². The SMILES string of the molecule is CC(/C=C/[C@@H]1CC2(CO2)C[C@@H](CC(N)=O)O1)=C\C[C@@H]1O[C@H](C)[C@H](NC(=O)/C=C\[C@H](C)O)C[C@@H]1C. The van der Waals surface area contributed by atoms with Crippen molar-refractivity contribution in [2.24, 2.45) is 11.7 Å². The lowest BCUT2D eigenvalue weighted by Crippen LogP contribution is -2.50. The van der Waals surface area contributed by atoms with E-state index in [0.29, 0.717) is 5.92 Å². The summed E-state index contributed by atoms with van der Waals surface area (Å²) in [6.07, 6.45) is 11.5. The highest BCUT2D eigenvalue weighted by molar-refractivity contribution is 5.87. The summed E-state index contributed by atoms with van der Waals surface area (Å²) in [6, 6.07) is -0.0591. The molecule has 0 saturated carbocycles. The molecule has 190 valence electrons. The van der Waals surface area contributed by atoms with E-state index in [1.165, 1.54) is 12.2 Å². The van der Waals surface area contributed by atoms with Gasteiger partial charge >= 0.3 is 0 Å². The molecule has 3 saturated heterocycles. The van der Waals surface area contributed by atoms with Crippen LogP contribution in [0.25, 0.3) is 0 Å². The van der Waals surface area contributed by atoms with Crippen molar-refractivity contribution in [3.8, 4) is 0 Å². The maximum Gasteiger partial charge on any atom is 0.244 e. The van der Waals surface area contributed by atoms with Crippen molar-refractivity contribution in [1.29, 1.82) is 0 Å². The second-order valence-electron chi connectivity index (χ2n) is 10.2. The third kappa shape index (κ3) is 8.05. The van der Waals surface area contributed by atoms with Crippen LogP contribution in [0.15, 0.2) is 36.0 Å². The average molecular weight is 477 g/mol. The highest BCUT2D eigenvalue weighted by atomic mass is 16.6. The van der Waals surface area contributed by atoms with E-state index in [-0.39, 0.29) is 54.3 Å². The maximum absolute atomic E-state index is 12.1. The van der Waals surface area contributed by atoms with Crippen LogP contribution in [-0.2, 0) is 23.8 Å². The van der Waals surface area contributed by atoms with Crippen LogP contribution in [-0.4, -0.2) is 65.7 Å². The van der Waals surface area contributed by atoms with E-state index in [1.54, 1.807) is 6.92 Å². The van der Waals surface area contributed by atoms with Crippen molar-refractivity contribution < 1.29 is 28.9 Å². The second kappa shape index (κ2) is 11.6. The first-order valence-corrected chi connectivity index (χ1v) is 12.3. The van der Waals surface area contributed by atoms with Crippen molar-refractivity contribution in [2.45, 2.75) is 102 Å². The molecule has 8 atom stereocenters. The van der Waals surface area contributed by atoms with Gasteiger partial charge in [0, 0.05) is 18.9 Å². The Labute approximate surface area is 202 Å². The molecule has 0 aromatic rings. The molecule has 4 N–H and O–H groups in total. The molecular formula is C26H40N2O6. The lowest BCUT2D eigenvalue weighted by Gasteiger charge is -2.39. The summed E-state index contributed by atoms with van der Waals surface area (Å²) in [5.41, 5.74) is 6.33. The number of ether oxygens (including phenoxy) is 3. The monoisotopic (exact) mass is 476 g/mol. The minimum atomic E-state index is -0.650. The number of rotatable bonds is 9. The maximum atomic E-state index is 12.1. The molecule has 3 fully saturated rings. The van der Waals surface area contributed by atoms with Gasteiger partial charge in [-0.1, -0.05) is 36.8 Å². The summed E-state index contributed by atoms with van der Waals surface area (Å²) in [5.74, 6) is -0.275. The van der Waals surface area contributed by atoms with Crippen LogP contribution in [0.4, 0.5) is 0 Å². The first-order chi connectivity index (χ1) is 16.0. The number of carbonyl (C=O) groups is 2.